The van der Waals surface area contributed by atoms with Crippen LogP contribution in [0.3, 0.4) is 0 Å². The van der Waals surface area contributed by atoms with Gasteiger partial charge in [-0.2, -0.15) is 5.12 Å². The smallest absolute Gasteiger partial charge is 0.343 e. The summed E-state index contributed by atoms with van der Waals surface area (Å²) < 4.78 is 0. The second-order valence-electron chi connectivity index (χ2n) is 3.78. The van der Waals surface area contributed by atoms with Gasteiger partial charge in [-0.25, -0.2) is 16.5 Å². The molecule has 2 aromatic carbocycles. The molecule has 0 fully saturated rings. The van der Waals surface area contributed by atoms with Crippen molar-refractivity contribution in [3.8, 4) is 22.6 Å². The molecule has 0 saturated carbocycles. The van der Waals surface area contributed by atoms with Gasteiger partial charge >= 0.3 is 6.03 Å². The fourth-order valence-corrected chi connectivity index (χ4v) is 1.40. The van der Waals surface area contributed by atoms with Crippen molar-refractivity contribution in [3.63, 3.8) is 0 Å². The van der Waals surface area contributed by atoms with Gasteiger partial charge < -0.3 is 15.9 Å². The van der Waals surface area contributed by atoms with E-state index >= 15 is 0 Å². The summed E-state index contributed by atoms with van der Waals surface area (Å²) in [5.74, 6) is 9.49. The zero-order chi connectivity index (χ0) is 15.1. The molecule has 0 saturated heterocycles. The van der Waals surface area contributed by atoms with Gasteiger partial charge in [-0.1, -0.05) is 36.4 Å². The SMILES string of the molecule is NC(=O)N(N)N.Oc1ccccc1-c1ccccc1O. The number of nitrogens with zero attached hydrogens (tertiary/aromatic N) is 1. The van der Waals surface area contributed by atoms with Crippen molar-refractivity contribution in [1.82, 2.24) is 5.12 Å². The number of benzene rings is 2. The van der Waals surface area contributed by atoms with Gasteiger partial charge in [-0.05, 0) is 12.1 Å². The van der Waals surface area contributed by atoms with Crippen molar-refractivity contribution >= 4 is 6.03 Å². The average molecular weight is 276 g/mol. The number of phenolic OH excluding ortho intramolecular Hbond substituents is 2. The molecular weight excluding hydrogens is 260 g/mol. The molecule has 0 bridgehead atoms. The fourth-order valence-electron chi connectivity index (χ4n) is 1.40. The second kappa shape index (κ2) is 6.98. The van der Waals surface area contributed by atoms with E-state index < -0.39 is 6.03 Å². The number of carbonyl (C=O) groups excluding carboxylic acids is 1. The highest BCUT2D eigenvalue weighted by molar-refractivity contribution is 5.74. The van der Waals surface area contributed by atoms with Crippen LogP contribution in [0, 0.1) is 0 Å². The monoisotopic (exact) mass is 276 g/mol. The molecule has 0 spiro atoms. The van der Waals surface area contributed by atoms with Crippen molar-refractivity contribution < 1.29 is 15.0 Å². The quantitative estimate of drug-likeness (QED) is 0.299. The van der Waals surface area contributed by atoms with E-state index in [9.17, 15) is 15.0 Å². The number of rotatable bonds is 1. The number of primary amides is 1. The Bertz CT molecular complexity index is 544. The molecule has 2 aromatic rings. The molecule has 0 aliphatic rings. The minimum absolute atomic E-state index is 0.175. The third-order valence-electron chi connectivity index (χ3n) is 2.35. The summed E-state index contributed by atoms with van der Waals surface area (Å²) in [6.07, 6.45) is 0. The van der Waals surface area contributed by atoms with Crippen LogP contribution in [0.2, 0.25) is 0 Å². The van der Waals surface area contributed by atoms with Gasteiger partial charge in [0, 0.05) is 11.1 Å². The van der Waals surface area contributed by atoms with E-state index in [-0.39, 0.29) is 11.5 Å². The summed E-state index contributed by atoms with van der Waals surface area (Å²) in [4.78, 5) is 9.60. The Hall–Kier alpha value is -2.77. The number of carbonyl (C=O) groups is 1. The zero-order valence-corrected chi connectivity index (χ0v) is 10.6. The largest absolute Gasteiger partial charge is 0.507 e. The third kappa shape index (κ3) is 4.16. The molecule has 2 rings (SSSR count). The first kappa shape index (κ1) is 15.3. The predicted molar refractivity (Wildman–Crippen MR) is 75.0 cm³/mol. The van der Waals surface area contributed by atoms with Gasteiger partial charge in [0.15, 0.2) is 0 Å². The van der Waals surface area contributed by atoms with Crippen LogP contribution in [0.25, 0.3) is 11.1 Å². The maximum atomic E-state index is 9.60. The van der Waals surface area contributed by atoms with Crippen molar-refractivity contribution in [2.24, 2.45) is 17.4 Å². The first-order chi connectivity index (χ1) is 9.43. The topological polar surface area (TPSA) is 139 Å². The number of aromatic hydroxyl groups is 2. The van der Waals surface area contributed by atoms with Crippen LogP contribution in [0.15, 0.2) is 48.5 Å². The lowest BCUT2D eigenvalue weighted by Gasteiger charge is -2.05. The molecule has 0 heterocycles. The molecule has 0 atom stereocenters. The minimum atomic E-state index is -0.852. The number of amides is 2. The second-order valence-corrected chi connectivity index (χ2v) is 3.78. The van der Waals surface area contributed by atoms with Crippen molar-refractivity contribution in [1.29, 1.82) is 0 Å². The Morgan fingerprint density at radius 2 is 1.15 bits per heavy atom. The Balaban J connectivity index is 0.000000286. The Labute approximate surface area is 115 Å². The van der Waals surface area contributed by atoms with Gasteiger partial charge in [0.2, 0.25) is 0 Å². The van der Waals surface area contributed by atoms with Gasteiger partial charge in [0.05, 0.1) is 0 Å². The highest BCUT2D eigenvalue weighted by Crippen LogP contribution is 2.34. The molecule has 106 valence electrons. The van der Waals surface area contributed by atoms with Gasteiger partial charge in [-0.15, -0.1) is 0 Å². The first-order valence-electron chi connectivity index (χ1n) is 5.58. The molecule has 7 nitrogen and oxygen atoms in total. The summed E-state index contributed by atoms with van der Waals surface area (Å²) in [7, 11) is 0. The number of phenols is 2. The van der Waals surface area contributed by atoms with E-state index in [2.05, 4.69) is 17.4 Å². The first-order valence-corrected chi connectivity index (χ1v) is 5.58. The van der Waals surface area contributed by atoms with Crippen LogP contribution in [0.1, 0.15) is 0 Å². The number of hydrazine groups is 2. The highest BCUT2D eigenvalue weighted by atomic mass is 16.3. The van der Waals surface area contributed by atoms with Crippen molar-refractivity contribution in [2.45, 2.75) is 0 Å². The lowest BCUT2D eigenvalue weighted by Crippen LogP contribution is -2.46. The Morgan fingerprint density at radius 3 is 1.40 bits per heavy atom. The van der Waals surface area contributed by atoms with Gasteiger partial charge in [0.25, 0.3) is 0 Å². The summed E-state index contributed by atoms with van der Waals surface area (Å²) in [6.45, 7) is 0. The maximum absolute atomic E-state index is 9.60. The summed E-state index contributed by atoms with van der Waals surface area (Å²) in [5, 5.41) is 19.5. The molecule has 20 heavy (non-hydrogen) atoms. The number of hydrogen-bond donors (Lipinski definition) is 5. The molecule has 2 amide bonds. The Kier molecular flexibility index (Phi) is 5.33. The fraction of sp³-hybridized carbons (Fsp3) is 0. The normalized spacial score (nSPS) is 9.30. The van der Waals surface area contributed by atoms with E-state index in [1.165, 1.54) is 0 Å². The van der Waals surface area contributed by atoms with Crippen LogP contribution in [0.4, 0.5) is 4.79 Å². The number of hydrogen-bond acceptors (Lipinski definition) is 5. The molecule has 0 aliphatic heterocycles. The molecule has 7 heteroatoms. The molecular formula is C13H16N4O3. The van der Waals surface area contributed by atoms with Gasteiger partial charge in [0.1, 0.15) is 11.5 Å². The van der Waals surface area contributed by atoms with E-state index in [1.54, 1.807) is 36.4 Å². The summed E-state index contributed by atoms with van der Waals surface area (Å²) >= 11 is 0. The van der Waals surface area contributed by atoms with Crippen LogP contribution < -0.4 is 17.4 Å². The number of para-hydroxylation sites is 2. The number of urea groups is 1. The molecule has 0 unspecified atom stereocenters. The lowest BCUT2D eigenvalue weighted by atomic mass is 10.0. The molecule has 0 aliphatic carbocycles. The van der Waals surface area contributed by atoms with Gasteiger partial charge in [-0.3, -0.25) is 0 Å². The van der Waals surface area contributed by atoms with E-state index in [0.717, 1.165) is 0 Å². The van der Waals surface area contributed by atoms with E-state index in [1.807, 2.05) is 12.1 Å². The number of nitrogens with two attached hydrogens (primary N) is 3. The van der Waals surface area contributed by atoms with Crippen LogP contribution in [-0.2, 0) is 0 Å². The van der Waals surface area contributed by atoms with Crippen molar-refractivity contribution in [2.75, 3.05) is 0 Å². The van der Waals surface area contributed by atoms with Crippen molar-refractivity contribution in [3.05, 3.63) is 48.5 Å². The zero-order valence-electron chi connectivity index (χ0n) is 10.6. The molecule has 8 N–H and O–H groups in total. The van der Waals surface area contributed by atoms with E-state index in [4.69, 9.17) is 0 Å². The van der Waals surface area contributed by atoms with E-state index in [0.29, 0.717) is 16.2 Å². The average Bonchev–Trinajstić information content (AvgIpc) is 2.41. The van der Waals surface area contributed by atoms with Crippen LogP contribution in [-0.4, -0.2) is 21.4 Å². The predicted octanol–water partition coefficient (Wildman–Crippen LogP) is 0.879. The maximum Gasteiger partial charge on any atom is 0.343 e. The summed E-state index contributed by atoms with van der Waals surface area (Å²) in [6, 6.07) is 13.0. The standard InChI is InChI=1S/C12H10O2.CH6N4O/c13-11-7-3-1-5-9(11)10-6-2-4-8-12(10)14;2-1(6)5(3)4/h1-8,13-14H;3-4H2,(H2,2,6). The molecule has 0 aromatic heterocycles. The summed E-state index contributed by atoms with van der Waals surface area (Å²) in [5.41, 5.74) is 5.76. The molecule has 0 radical (unpaired) electrons. The third-order valence-corrected chi connectivity index (χ3v) is 2.35. The van der Waals surface area contributed by atoms with Crippen LogP contribution >= 0.6 is 0 Å². The highest BCUT2D eigenvalue weighted by Gasteiger charge is 2.06. The lowest BCUT2D eigenvalue weighted by molar-refractivity contribution is 0.210. The minimum Gasteiger partial charge on any atom is -0.507 e. The Morgan fingerprint density at radius 1 is 0.850 bits per heavy atom. The van der Waals surface area contributed by atoms with Crippen LogP contribution in [0.5, 0.6) is 11.5 Å².